The number of β-amino-alcohol motifs (C(OH)–C–C–N with tert-alkyl or cyclic N) is 1. The summed E-state index contributed by atoms with van der Waals surface area (Å²) in [4.78, 5) is 15.8. The molecule has 2 aromatic carbocycles. The summed E-state index contributed by atoms with van der Waals surface area (Å²) in [5, 5.41) is 18.1. The molecule has 178 valence electrons. The van der Waals surface area contributed by atoms with Crippen molar-refractivity contribution >= 4 is 11.4 Å². The molecule has 34 heavy (non-hydrogen) atoms. The molecule has 2 heterocycles. The summed E-state index contributed by atoms with van der Waals surface area (Å²) < 4.78 is 12.5. The molecule has 1 aliphatic carbocycles. The van der Waals surface area contributed by atoms with Crippen LogP contribution in [0.5, 0.6) is 11.5 Å². The minimum atomic E-state index is -0.331. The highest BCUT2D eigenvalue weighted by Crippen LogP contribution is 2.35. The van der Waals surface area contributed by atoms with E-state index in [1.807, 2.05) is 43.4 Å². The second-order valence-corrected chi connectivity index (χ2v) is 8.82. The van der Waals surface area contributed by atoms with Gasteiger partial charge in [0.15, 0.2) is 0 Å². The smallest absolute Gasteiger partial charge is 0.275 e. The molecule has 1 saturated heterocycles. The van der Waals surface area contributed by atoms with Gasteiger partial charge in [-0.3, -0.25) is 4.79 Å². The number of rotatable bonds is 6. The van der Waals surface area contributed by atoms with Gasteiger partial charge in [0.25, 0.3) is 5.56 Å². The fourth-order valence-electron chi connectivity index (χ4n) is 4.99. The number of methoxy groups -OCH3 is 2. The maximum atomic E-state index is 13.6. The van der Waals surface area contributed by atoms with Crippen LogP contribution in [0.2, 0.25) is 0 Å². The van der Waals surface area contributed by atoms with Crippen molar-refractivity contribution in [2.75, 3.05) is 44.6 Å². The van der Waals surface area contributed by atoms with E-state index in [4.69, 9.17) is 14.6 Å². The Balaban J connectivity index is 1.71. The van der Waals surface area contributed by atoms with Crippen LogP contribution in [0.3, 0.4) is 0 Å². The lowest BCUT2D eigenvalue weighted by Gasteiger charge is -2.21. The van der Waals surface area contributed by atoms with Crippen molar-refractivity contribution in [1.82, 2.24) is 9.78 Å². The monoisotopic (exact) mass is 462 g/mol. The summed E-state index contributed by atoms with van der Waals surface area (Å²) >= 11 is 0. The number of ether oxygens (including phenoxy) is 2. The number of nitrogens with one attached hydrogen (secondary N) is 1. The van der Waals surface area contributed by atoms with Crippen LogP contribution in [0.25, 0.3) is 16.9 Å². The zero-order valence-electron chi connectivity index (χ0n) is 19.8. The van der Waals surface area contributed by atoms with Gasteiger partial charge in [-0.1, -0.05) is 0 Å². The van der Waals surface area contributed by atoms with Crippen molar-refractivity contribution in [3.8, 4) is 28.4 Å². The minimum Gasteiger partial charge on any atom is -0.497 e. The minimum absolute atomic E-state index is 0.0822. The van der Waals surface area contributed by atoms with Crippen LogP contribution in [-0.4, -0.2) is 55.3 Å². The van der Waals surface area contributed by atoms with Gasteiger partial charge in [0.1, 0.15) is 11.5 Å². The van der Waals surface area contributed by atoms with E-state index in [0.717, 1.165) is 66.0 Å². The number of aliphatic hydroxyl groups excluding tert-OH is 1. The molecule has 3 aromatic rings. The van der Waals surface area contributed by atoms with Gasteiger partial charge in [0.05, 0.1) is 37.4 Å². The maximum Gasteiger partial charge on any atom is 0.275 e. The van der Waals surface area contributed by atoms with E-state index < -0.39 is 0 Å². The average molecular weight is 463 g/mol. The molecule has 0 amide bonds. The topological polar surface area (TPSA) is 88.8 Å². The second-order valence-electron chi connectivity index (χ2n) is 8.82. The highest BCUT2D eigenvalue weighted by atomic mass is 16.5. The van der Waals surface area contributed by atoms with Gasteiger partial charge in [0, 0.05) is 43.0 Å². The lowest BCUT2D eigenvalue weighted by Crippen LogP contribution is -2.27. The predicted molar refractivity (Wildman–Crippen MR) is 133 cm³/mol. The molecule has 1 aliphatic heterocycles. The zero-order valence-corrected chi connectivity index (χ0v) is 19.8. The Morgan fingerprint density at radius 2 is 1.79 bits per heavy atom. The Morgan fingerprint density at radius 1 is 1.06 bits per heavy atom. The summed E-state index contributed by atoms with van der Waals surface area (Å²) in [7, 11) is 5.08. The van der Waals surface area contributed by atoms with Crippen molar-refractivity contribution in [3.63, 3.8) is 0 Å². The van der Waals surface area contributed by atoms with Gasteiger partial charge in [-0.25, -0.2) is 0 Å². The van der Waals surface area contributed by atoms with Crippen molar-refractivity contribution in [1.29, 1.82) is 0 Å². The molecule has 1 aromatic heterocycles. The van der Waals surface area contributed by atoms with Crippen LogP contribution >= 0.6 is 0 Å². The van der Waals surface area contributed by atoms with Gasteiger partial charge in [-0.15, -0.1) is 0 Å². The highest BCUT2D eigenvalue weighted by Gasteiger charge is 2.26. The van der Waals surface area contributed by atoms with Crippen LogP contribution in [0, 0.1) is 0 Å². The van der Waals surface area contributed by atoms with Crippen LogP contribution in [-0.2, 0) is 12.8 Å². The number of hydrogen-bond acceptors (Lipinski definition) is 7. The molecule has 2 aliphatic rings. The number of benzene rings is 2. The molecule has 0 saturated carbocycles. The van der Waals surface area contributed by atoms with Gasteiger partial charge in [0.2, 0.25) is 0 Å². The summed E-state index contributed by atoms with van der Waals surface area (Å²) in [6.45, 7) is 1.36. The van der Waals surface area contributed by atoms with E-state index in [9.17, 15) is 9.90 Å². The first-order valence-electron chi connectivity index (χ1n) is 11.7. The number of fused-ring (bicyclic) bond motifs is 1. The van der Waals surface area contributed by atoms with Gasteiger partial charge in [-0.2, -0.15) is 9.78 Å². The lowest BCUT2D eigenvalue weighted by molar-refractivity contribution is 0.198. The van der Waals surface area contributed by atoms with Gasteiger partial charge in [-0.05, 0) is 61.6 Å². The highest BCUT2D eigenvalue weighted by molar-refractivity contribution is 5.71. The van der Waals surface area contributed by atoms with Crippen LogP contribution in [0.4, 0.5) is 11.4 Å². The fourth-order valence-corrected chi connectivity index (χ4v) is 4.99. The van der Waals surface area contributed by atoms with Crippen LogP contribution in [0.15, 0.2) is 41.2 Å². The van der Waals surface area contributed by atoms with Crippen LogP contribution < -0.4 is 25.2 Å². The first-order valence-corrected chi connectivity index (χ1v) is 11.7. The molecule has 5 rings (SSSR count). The third-order valence-electron chi connectivity index (χ3n) is 6.79. The number of nitrogens with zero attached hydrogens (tertiary/aromatic N) is 3. The molecule has 0 bridgehead atoms. The number of hydrogen-bond donors (Lipinski definition) is 2. The Hall–Kier alpha value is -3.52. The Labute approximate surface area is 198 Å². The normalized spacial score (nSPS) is 17.1. The van der Waals surface area contributed by atoms with Gasteiger partial charge >= 0.3 is 0 Å². The lowest BCUT2D eigenvalue weighted by atomic mass is 10.0. The Bertz CT molecular complexity index is 1260. The first-order chi connectivity index (χ1) is 16.5. The molecule has 0 spiro atoms. The Kier molecular flexibility index (Phi) is 5.91. The van der Waals surface area contributed by atoms with Gasteiger partial charge < -0.3 is 24.8 Å². The summed E-state index contributed by atoms with van der Waals surface area (Å²) in [6.07, 6.45) is 2.88. The van der Waals surface area contributed by atoms with E-state index in [2.05, 4.69) is 10.2 Å². The van der Waals surface area contributed by atoms with E-state index in [-0.39, 0.29) is 11.7 Å². The zero-order chi connectivity index (χ0) is 23.8. The van der Waals surface area contributed by atoms with E-state index in [1.54, 1.807) is 14.2 Å². The Morgan fingerprint density at radius 3 is 2.44 bits per heavy atom. The predicted octanol–water partition coefficient (Wildman–Crippen LogP) is 3.02. The molecule has 2 N–H and O–H groups in total. The molecular formula is C26H30N4O4. The largest absolute Gasteiger partial charge is 0.497 e. The average Bonchev–Trinajstić information content (AvgIpc) is 3.53. The van der Waals surface area contributed by atoms with E-state index >= 15 is 0 Å². The van der Waals surface area contributed by atoms with Crippen molar-refractivity contribution < 1.29 is 14.6 Å². The first kappa shape index (κ1) is 22.3. The second kappa shape index (κ2) is 9.02. The summed E-state index contributed by atoms with van der Waals surface area (Å²) in [6, 6.07) is 11.6. The summed E-state index contributed by atoms with van der Waals surface area (Å²) in [5.41, 5.74) is 5.83. The fraction of sp³-hybridized carbons (Fsp3) is 0.385. The van der Waals surface area contributed by atoms with Crippen molar-refractivity contribution in [2.24, 2.45) is 0 Å². The molecule has 0 radical (unpaired) electrons. The van der Waals surface area contributed by atoms with Crippen molar-refractivity contribution in [3.05, 3.63) is 57.9 Å². The van der Waals surface area contributed by atoms with Crippen molar-refractivity contribution in [2.45, 2.75) is 31.8 Å². The number of anilines is 2. The molecular weight excluding hydrogens is 432 g/mol. The number of aliphatic hydroxyl groups is 1. The van der Waals surface area contributed by atoms with E-state index in [1.165, 1.54) is 4.68 Å². The molecule has 8 nitrogen and oxygen atoms in total. The molecule has 8 heteroatoms. The molecule has 1 unspecified atom stereocenters. The standard InChI is InChI=1S/C26H30N4O4/c1-27-23-8-7-17(29-10-9-18(31)15-29)13-24(23)30-26(32)22-6-4-5-21(22)25(28-30)16-11-19(33-2)14-20(12-16)34-3/h7-8,11-14,18,27,31H,4-6,9-10,15H2,1-3H3. The summed E-state index contributed by atoms with van der Waals surface area (Å²) in [5.74, 6) is 1.34. The third kappa shape index (κ3) is 3.88. The van der Waals surface area contributed by atoms with Crippen LogP contribution in [0.1, 0.15) is 24.0 Å². The quantitative estimate of drug-likeness (QED) is 0.582. The maximum absolute atomic E-state index is 13.6. The molecule has 1 atom stereocenters. The third-order valence-corrected chi connectivity index (χ3v) is 6.79. The number of aromatic nitrogens is 2. The molecule has 1 fully saturated rings. The van der Waals surface area contributed by atoms with E-state index in [0.29, 0.717) is 23.7 Å². The SMILES string of the molecule is CNc1ccc(N2CCC(O)C2)cc1-n1nc(-c2cc(OC)cc(OC)c2)c2c(c1=O)CCC2.